The number of likely N-dealkylation sites (tertiary alicyclic amines) is 1. The Bertz CT molecular complexity index is 613. The summed E-state index contributed by atoms with van der Waals surface area (Å²) in [6.45, 7) is 7.20. The second-order valence-corrected chi connectivity index (χ2v) is 8.16. The Morgan fingerprint density at radius 2 is 1.39 bits per heavy atom. The number of benzene rings is 2. The summed E-state index contributed by atoms with van der Waals surface area (Å²) in [7, 11) is 0. The van der Waals surface area contributed by atoms with Crippen LogP contribution >= 0.6 is 0 Å². The van der Waals surface area contributed by atoms with Gasteiger partial charge in [-0.3, -0.25) is 4.90 Å². The van der Waals surface area contributed by atoms with Crippen molar-refractivity contribution >= 4 is 0 Å². The molecule has 1 fully saturated rings. The summed E-state index contributed by atoms with van der Waals surface area (Å²) in [5.41, 5.74) is 2.62. The van der Waals surface area contributed by atoms with Crippen LogP contribution in [0.15, 0.2) is 60.7 Å². The van der Waals surface area contributed by atoms with Gasteiger partial charge in [0.15, 0.2) is 0 Å². The third-order valence-electron chi connectivity index (χ3n) is 5.85. The van der Waals surface area contributed by atoms with E-state index in [9.17, 15) is 5.11 Å². The highest BCUT2D eigenvalue weighted by molar-refractivity contribution is 5.17. The van der Waals surface area contributed by atoms with Crippen LogP contribution in [0, 0.1) is 0 Å². The van der Waals surface area contributed by atoms with Crippen molar-refractivity contribution in [3.8, 4) is 0 Å². The standard InChI is InChI=1S/C25H36N2O/c1-2-12-25(28)24(21-26-17-10-5-11-18-26)27(19-22-13-6-3-7-14-22)20-23-15-8-4-9-16-23/h3-4,6-9,13-16,24-25,28H,2,5,10-12,17-21H2,1H3/t24-,25+/m1/s1. The zero-order chi connectivity index (χ0) is 19.6. The molecule has 3 heteroatoms. The first-order chi connectivity index (χ1) is 13.8. The maximum atomic E-state index is 11.1. The number of rotatable bonds is 10. The third-order valence-corrected chi connectivity index (χ3v) is 5.85. The monoisotopic (exact) mass is 380 g/mol. The first-order valence-electron chi connectivity index (χ1n) is 11.0. The van der Waals surface area contributed by atoms with Crippen LogP contribution in [-0.2, 0) is 13.1 Å². The van der Waals surface area contributed by atoms with E-state index in [2.05, 4.69) is 77.4 Å². The summed E-state index contributed by atoms with van der Waals surface area (Å²) in [6.07, 6.45) is 5.50. The van der Waals surface area contributed by atoms with Crippen molar-refractivity contribution in [2.45, 2.75) is 64.3 Å². The molecule has 0 bridgehead atoms. The Hall–Kier alpha value is -1.68. The lowest BCUT2D eigenvalue weighted by atomic mass is 10.0. The topological polar surface area (TPSA) is 26.7 Å². The Morgan fingerprint density at radius 1 is 0.857 bits per heavy atom. The van der Waals surface area contributed by atoms with Crippen LogP contribution in [0.5, 0.6) is 0 Å². The van der Waals surface area contributed by atoms with E-state index in [4.69, 9.17) is 0 Å². The predicted octanol–water partition coefficient (Wildman–Crippen LogP) is 4.70. The van der Waals surface area contributed by atoms with Gasteiger partial charge in [0.1, 0.15) is 0 Å². The van der Waals surface area contributed by atoms with Gasteiger partial charge in [-0.15, -0.1) is 0 Å². The first kappa shape index (κ1) is 21.0. The van der Waals surface area contributed by atoms with Crippen LogP contribution in [0.1, 0.15) is 50.2 Å². The Balaban J connectivity index is 1.82. The zero-order valence-electron chi connectivity index (χ0n) is 17.3. The molecular weight excluding hydrogens is 344 g/mol. The normalized spacial score (nSPS) is 17.5. The summed E-state index contributed by atoms with van der Waals surface area (Å²) in [5, 5.41) is 11.1. The van der Waals surface area contributed by atoms with Gasteiger partial charge in [0, 0.05) is 25.7 Å². The zero-order valence-corrected chi connectivity index (χ0v) is 17.3. The fraction of sp³-hybridized carbons (Fsp3) is 0.520. The fourth-order valence-corrected chi connectivity index (χ4v) is 4.30. The maximum absolute atomic E-state index is 11.1. The van der Waals surface area contributed by atoms with E-state index < -0.39 is 0 Å². The smallest absolute Gasteiger partial charge is 0.0708 e. The molecule has 0 saturated carbocycles. The van der Waals surface area contributed by atoms with Crippen molar-refractivity contribution in [1.29, 1.82) is 0 Å². The number of nitrogens with zero attached hydrogens (tertiary/aromatic N) is 2. The minimum Gasteiger partial charge on any atom is -0.391 e. The Labute approximate surface area is 171 Å². The third kappa shape index (κ3) is 6.44. The maximum Gasteiger partial charge on any atom is 0.0708 e. The second kappa shape index (κ2) is 11.4. The number of aliphatic hydroxyl groups is 1. The molecule has 1 heterocycles. The summed E-state index contributed by atoms with van der Waals surface area (Å²) in [4.78, 5) is 5.07. The van der Waals surface area contributed by atoms with Crippen molar-refractivity contribution in [2.75, 3.05) is 19.6 Å². The molecule has 1 saturated heterocycles. The number of hydrogen-bond donors (Lipinski definition) is 1. The van der Waals surface area contributed by atoms with E-state index in [0.29, 0.717) is 0 Å². The summed E-state index contributed by atoms with van der Waals surface area (Å²) in [5.74, 6) is 0. The molecule has 3 nitrogen and oxygen atoms in total. The van der Waals surface area contributed by atoms with Crippen LogP contribution in [0.2, 0.25) is 0 Å². The van der Waals surface area contributed by atoms with Gasteiger partial charge in [-0.1, -0.05) is 80.4 Å². The quantitative estimate of drug-likeness (QED) is 0.647. The van der Waals surface area contributed by atoms with E-state index in [1.807, 2.05) is 0 Å². The Morgan fingerprint density at radius 3 is 1.89 bits per heavy atom. The molecule has 1 aliphatic rings. The van der Waals surface area contributed by atoms with Gasteiger partial charge >= 0.3 is 0 Å². The fourth-order valence-electron chi connectivity index (χ4n) is 4.30. The van der Waals surface area contributed by atoms with Crippen molar-refractivity contribution in [2.24, 2.45) is 0 Å². The summed E-state index contributed by atoms with van der Waals surface area (Å²) >= 11 is 0. The summed E-state index contributed by atoms with van der Waals surface area (Å²) in [6, 6.07) is 21.5. The average molecular weight is 381 g/mol. The lowest BCUT2D eigenvalue weighted by Gasteiger charge is -2.39. The highest BCUT2D eigenvalue weighted by atomic mass is 16.3. The van der Waals surface area contributed by atoms with Crippen LogP contribution in [0.3, 0.4) is 0 Å². The van der Waals surface area contributed by atoms with E-state index in [-0.39, 0.29) is 12.1 Å². The Kier molecular flexibility index (Phi) is 8.53. The van der Waals surface area contributed by atoms with Crippen LogP contribution < -0.4 is 0 Å². The summed E-state index contributed by atoms with van der Waals surface area (Å²) < 4.78 is 0. The van der Waals surface area contributed by atoms with E-state index >= 15 is 0 Å². The van der Waals surface area contributed by atoms with Gasteiger partial charge in [-0.05, 0) is 43.5 Å². The van der Waals surface area contributed by atoms with E-state index in [1.54, 1.807) is 0 Å². The van der Waals surface area contributed by atoms with Crippen molar-refractivity contribution in [3.05, 3.63) is 71.8 Å². The average Bonchev–Trinajstić information content (AvgIpc) is 2.74. The minimum absolute atomic E-state index is 0.151. The molecule has 0 radical (unpaired) electrons. The van der Waals surface area contributed by atoms with Gasteiger partial charge in [0.2, 0.25) is 0 Å². The number of aliphatic hydroxyl groups excluding tert-OH is 1. The van der Waals surface area contributed by atoms with Crippen molar-refractivity contribution in [1.82, 2.24) is 9.80 Å². The molecule has 152 valence electrons. The molecule has 0 unspecified atom stereocenters. The lowest BCUT2D eigenvalue weighted by molar-refractivity contribution is 0.0101. The molecule has 28 heavy (non-hydrogen) atoms. The number of hydrogen-bond acceptors (Lipinski definition) is 3. The second-order valence-electron chi connectivity index (χ2n) is 8.16. The lowest BCUT2D eigenvalue weighted by Crippen LogP contribution is -2.51. The van der Waals surface area contributed by atoms with Gasteiger partial charge < -0.3 is 10.0 Å². The predicted molar refractivity (Wildman–Crippen MR) is 117 cm³/mol. The molecule has 2 atom stereocenters. The molecule has 1 aliphatic heterocycles. The molecular formula is C25H36N2O. The minimum atomic E-state index is -0.292. The van der Waals surface area contributed by atoms with E-state index in [0.717, 1.165) is 32.5 Å². The van der Waals surface area contributed by atoms with Gasteiger partial charge in [0.05, 0.1) is 6.10 Å². The van der Waals surface area contributed by atoms with E-state index in [1.165, 1.54) is 43.5 Å². The molecule has 1 N–H and O–H groups in total. The molecule has 0 amide bonds. The molecule has 0 aromatic heterocycles. The first-order valence-corrected chi connectivity index (χ1v) is 11.0. The van der Waals surface area contributed by atoms with Crippen molar-refractivity contribution in [3.63, 3.8) is 0 Å². The molecule has 0 spiro atoms. The number of piperidine rings is 1. The van der Waals surface area contributed by atoms with Crippen LogP contribution in [0.4, 0.5) is 0 Å². The molecule has 0 aliphatic carbocycles. The van der Waals surface area contributed by atoms with Gasteiger partial charge in [-0.2, -0.15) is 0 Å². The highest BCUT2D eigenvalue weighted by Crippen LogP contribution is 2.20. The van der Waals surface area contributed by atoms with Crippen LogP contribution in [-0.4, -0.2) is 46.7 Å². The van der Waals surface area contributed by atoms with Gasteiger partial charge in [-0.25, -0.2) is 0 Å². The molecule has 3 rings (SSSR count). The van der Waals surface area contributed by atoms with Gasteiger partial charge in [0.25, 0.3) is 0 Å². The van der Waals surface area contributed by atoms with Crippen molar-refractivity contribution < 1.29 is 5.11 Å². The van der Waals surface area contributed by atoms with Crippen LogP contribution in [0.25, 0.3) is 0 Å². The SMILES string of the molecule is CCC[C@H](O)[C@@H](CN1CCCCC1)N(Cc1ccccc1)Cc1ccccc1. The highest BCUT2D eigenvalue weighted by Gasteiger charge is 2.28. The molecule has 2 aromatic rings. The largest absolute Gasteiger partial charge is 0.391 e. The molecule has 2 aromatic carbocycles.